The van der Waals surface area contributed by atoms with E-state index in [2.05, 4.69) is 5.32 Å². The highest BCUT2D eigenvalue weighted by Crippen LogP contribution is 2.29. The van der Waals surface area contributed by atoms with E-state index in [-0.39, 0.29) is 6.61 Å². The molecule has 2 aromatic rings. The Kier molecular flexibility index (Phi) is 4.66. The number of aromatic nitrogens is 1. The van der Waals surface area contributed by atoms with Gasteiger partial charge < -0.3 is 15.0 Å². The van der Waals surface area contributed by atoms with Gasteiger partial charge in [-0.25, -0.2) is 0 Å². The molecule has 1 aromatic heterocycles. The average molecular weight is 285 g/mol. The lowest BCUT2D eigenvalue weighted by Crippen LogP contribution is -2.19. The topological polar surface area (TPSA) is 37.2 Å². The molecule has 0 aliphatic rings. The molecule has 1 heterocycles. The maximum atomic E-state index is 8.75. The first kappa shape index (κ1) is 13.4. The summed E-state index contributed by atoms with van der Waals surface area (Å²) >= 11 is 12.2. The summed E-state index contributed by atoms with van der Waals surface area (Å²) in [5.41, 5.74) is 1.92. The van der Waals surface area contributed by atoms with Gasteiger partial charge >= 0.3 is 0 Å². The van der Waals surface area contributed by atoms with Crippen LogP contribution in [0.5, 0.6) is 0 Å². The minimum Gasteiger partial charge on any atom is -0.395 e. The quantitative estimate of drug-likeness (QED) is 0.829. The Morgan fingerprint density at radius 3 is 2.78 bits per heavy atom. The van der Waals surface area contributed by atoms with E-state index in [0.717, 1.165) is 11.4 Å². The van der Waals surface area contributed by atoms with Crippen molar-refractivity contribution in [2.24, 2.45) is 0 Å². The van der Waals surface area contributed by atoms with Gasteiger partial charge in [-0.2, -0.15) is 0 Å². The van der Waals surface area contributed by atoms with E-state index in [1.807, 2.05) is 35.0 Å². The molecule has 0 fully saturated rings. The molecule has 5 heteroatoms. The number of aliphatic hydroxyl groups is 1. The summed E-state index contributed by atoms with van der Waals surface area (Å²) in [5.74, 6) is 0. The fourth-order valence-corrected chi connectivity index (χ4v) is 2.16. The zero-order chi connectivity index (χ0) is 13.0. The van der Waals surface area contributed by atoms with Crippen LogP contribution in [0.15, 0.2) is 36.5 Å². The highest BCUT2D eigenvalue weighted by molar-refractivity contribution is 6.43. The molecule has 3 nitrogen and oxygen atoms in total. The van der Waals surface area contributed by atoms with Gasteiger partial charge in [-0.3, -0.25) is 0 Å². The molecular formula is C13H14Cl2N2O. The largest absolute Gasteiger partial charge is 0.395 e. The van der Waals surface area contributed by atoms with E-state index in [1.165, 1.54) is 0 Å². The summed E-state index contributed by atoms with van der Waals surface area (Å²) in [7, 11) is 0. The molecule has 0 spiro atoms. The predicted molar refractivity (Wildman–Crippen MR) is 74.6 cm³/mol. The number of benzene rings is 1. The first-order valence-corrected chi connectivity index (χ1v) is 6.42. The lowest BCUT2D eigenvalue weighted by atomic mass is 10.3. The lowest BCUT2D eigenvalue weighted by Gasteiger charge is -2.12. The molecule has 0 aliphatic heterocycles. The smallest absolute Gasteiger partial charge is 0.0832 e. The number of halogens is 2. The summed E-state index contributed by atoms with van der Waals surface area (Å²) < 4.78 is 1.98. The zero-order valence-corrected chi connectivity index (χ0v) is 11.2. The van der Waals surface area contributed by atoms with Crippen LogP contribution in [0.25, 0.3) is 5.69 Å². The number of hydrogen-bond acceptors (Lipinski definition) is 2. The molecule has 0 amide bonds. The molecule has 0 aliphatic carbocycles. The van der Waals surface area contributed by atoms with E-state index >= 15 is 0 Å². The second-order valence-electron chi connectivity index (χ2n) is 3.84. The minimum absolute atomic E-state index is 0.124. The maximum absolute atomic E-state index is 8.75. The second-order valence-corrected chi connectivity index (χ2v) is 4.63. The van der Waals surface area contributed by atoms with Crippen LogP contribution >= 0.6 is 23.2 Å². The van der Waals surface area contributed by atoms with Gasteiger partial charge in [0.2, 0.25) is 0 Å². The Balaban J connectivity index is 2.28. The van der Waals surface area contributed by atoms with Crippen LogP contribution in [0.2, 0.25) is 10.0 Å². The van der Waals surface area contributed by atoms with Gasteiger partial charge in [0.15, 0.2) is 0 Å². The standard InChI is InChI=1S/C13H14Cl2N2O/c14-11-4-1-5-12(13(11)15)17-7-2-3-10(17)9-16-6-8-18/h1-5,7,16,18H,6,8-9H2. The van der Waals surface area contributed by atoms with Crippen LogP contribution in [-0.2, 0) is 6.54 Å². The van der Waals surface area contributed by atoms with E-state index in [4.69, 9.17) is 28.3 Å². The number of nitrogens with one attached hydrogen (secondary N) is 1. The number of nitrogens with zero attached hydrogens (tertiary/aromatic N) is 1. The van der Waals surface area contributed by atoms with Crippen molar-refractivity contribution in [1.82, 2.24) is 9.88 Å². The van der Waals surface area contributed by atoms with Crippen molar-refractivity contribution in [1.29, 1.82) is 0 Å². The average Bonchev–Trinajstić information content (AvgIpc) is 2.81. The van der Waals surface area contributed by atoms with Crippen LogP contribution in [0.4, 0.5) is 0 Å². The van der Waals surface area contributed by atoms with Crippen molar-refractivity contribution in [3.8, 4) is 5.69 Å². The highest BCUT2D eigenvalue weighted by Gasteiger charge is 2.08. The third kappa shape index (κ3) is 2.87. The van der Waals surface area contributed by atoms with Crippen molar-refractivity contribution in [3.05, 3.63) is 52.3 Å². The summed E-state index contributed by atoms with van der Waals surface area (Å²) in [6, 6.07) is 9.51. The van der Waals surface area contributed by atoms with E-state index in [9.17, 15) is 0 Å². The third-order valence-corrected chi connectivity index (χ3v) is 3.43. The summed E-state index contributed by atoms with van der Waals surface area (Å²) in [6.45, 7) is 1.35. The number of aliphatic hydroxyl groups excluding tert-OH is 1. The first-order valence-electron chi connectivity index (χ1n) is 5.66. The molecule has 0 saturated carbocycles. The fraction of sp³-hybridized carbons (Fsp3) is 0.231. The number of hydrogen-bond donors (Lipinski definition) is 2. The SMILES string of the molecule is OCCNCc1cccn1-c1cccc(Cl)c1Cl. The predicted octanol–water partition coefficient (Wildman–Crippen LogP) is 2.87. The normalized spacial score (nSPS) is 10.8. The summed E-state index contributed by atoms with van der Waals surface area (Å²) in [5, 5.41) is 13.0. The monoisotopic (exact) mass is 284 g/mol. The summed E-state index contributed by atoms with van der Waals surface area (Å²) in [4.78, 5) is 0. The first-order chi connectivity index (χ1) is 8.74. The Labute approximate surface area is 116 Å². The second kappa shape index (κ2) is 6.25. The van der Waals surface area contributed by atoms with Gasteiger partial charge in [0, 0.05) is 25.0 Å². The molecule has 0 saturated heterocycles. The Bertz CT molecular complexity index is 525. The van der Waals surface area contributed by atoms with Crippen molar-refractivity contribution in [3.63, 3.8) is 0 Å². The van der Waals surface area contributed by atoms with Crippen LogP contribution in [0.1, 0.15) is 5.69 Å². The van der Waals surface area contributed by atoms with Crippen molar-refractivity contribution >= 4 is 23.2 Å². The Morgan fingerprint density at radius 1 is 1.17 bits per heavy atom. The molecule has 2 rings (SSSR count). The van der Waals surface area contributed by atoms with Gasteiger partial charge in [-0.15, -0.1) is 0 Å². The molecule has 96 valence electrons. The zero-order valence-electron chi connectivity index (χ0n) is 9.74. The Morgan fingerprint density at radius 2 is 2.00 bits per heavy atom. The molecule has 0 unspecified atom stereocenters. The molecule has 1 aromatic carbocycles. The van der Waals surface area contributed by atoms with Crippen LogP contribution < -0.4 is 5.32 Å². The van der Waals surface area contributed by atoms with Gasteiger partial charge in [0.25, 0.3) is 0 Å². The van der Waals surface area contributed by atoms with Gasteiger partial charge in [0.05, 0.1) is 22.3 Å². The van der Waals surface area contributed by atoms with Gasteiger partial charge in [0.1, 0.15) is 0 Å². The molecular weight excluding hydrogens is 271 g/mol. The van der Waals surface area contributed by atoms with E-state index in [1.54, 1.807) is 6.07 Å². The van der Waals surface area contributed by atoms with Crippen LogP contribution in [0, 0.1) is 0 Å². The van der Waals surface area contributed by atoms with Crippen LogP contribution in [-0.4, -0.2) is 22.8 Å². The fourth-order valence-electron chi connectivity index (χ4n) is 1.77. The maximum Gasteiger partial charge on any atom is 0.0832 e. The highest BCUT2D eigenvalue weighted by atomic mass is 35.5. The van der Waals surface area contributed by atoms with Crippen LogP contribution in [0.3, 0.4) is 0 Å². The van der Waals surface area contributed by atoms with E-state index < -0.39 is 0 Å². The summed E-state index contributed by atoms with van der Waals surface area (Å²) in [6.07, 6.45) is 1.94. The molecule has 2 N–H and O–H groups in total. The Hall–Kier alpha value is -1.000. The van der Waals surface area contributed by atoms with Crippen molar-refractivity contribution < 1.29 is 5.11 Å². The lowest BCUT2D eigenvalue weighted by molar-refractivity contribution is 0.291. The van der Waals surface area contributed by atoms with Gasteiger partial charge in [-0.05, 0) is 24.3 Å². The molecule has 0 atom stereocenters. The molecule has 18 heavy (non-hydrogen) atoms. The van der Waals surface area contributed by atoms with Crippen molar-refractivity contribution in [2.45, 2.75) is 6.54 Å². The number of rotatable bonds is 5. The minimum atomic E-state index is 0.124. The van der Waals surface area contributed by atoms with E-state index in [0.29, 0.717) is 23.1 Å². The van der Waals surface area contributed by atoms with Gasteiger partial charge in [-0.1, -0.05) is 29.3 Å². The van der Waals surface area contributed by atoms with Crippen molar-refractivity contribution in [2.75, 3.05) is 13.2 Å². The molecule has 0 radical (unpaired) electrons. The third-order valence-electron chi connectivity index (χ3n) is 2.62. The molecule has 0 bridgehead atoms.